The van der Waals surface area contributed by atoms with Crippen LogP contribution in [0.5, 0.6) is 0 Å². The summed E-state index contributed by atoms with van der Waals surface area (Å²) in [4.78, 5) is 24.6. The number of methoxy groups -OCH3 is 1. The fourth-order valence-electron chi connectivity index (χ4n) is 2.54. The zero-order chi connectivity index (χ0) is 21.0. The van der Waals surface area contributed by atoms with E-state index in [-0.39, 0.29) is 21.7 Å². The van der Waals surface area contributed by atoms with Crippen LogP contribution in [-0.4, -0.2) is 27.4 Å². The van der Waals surface area contributed by atoms with Gasteiger partial charge in [0, 0.05) is 0 Å². The summed E-state index contributed by atoms with van der Waals surface area (Å²) in [5, 5.41) is 4.60. The van der Waals surface area contributed by atoms with Crippen LogP contribution in [-0.2, 0) is 14.8 Å². The van der Waals surface area contributed by atoms with Crippen molar-refractivity contribution in [3.63, 3.8) is 0 Å². The molecule has 2 aromatic carbocycles. The van der Waals surface area contributed by atoms with Crippen LogP contribution in [0.1, 0.15) is 26.3 Å². The third-order valence-electron chi connectivity index (χ3n) is 4.04. The van der Waals surface area contributed by atoms with Crippen LogP contribution < -0.4 is 10.0 Å². The quantitative estimate of drug-likeness (QED) is 0.578. The predicted octanol–water partition coefficient (Wildman–Crippen LogP) is 3.90. The molecule has 0 aliphatic rings. The molecule has 0 fully saturated rings. The molecule has 0 spiro atoms. The number of para-hydroxylation sites is 1. The second-order valence-corrected chi connectivity index (χ2v) is 8.67. The maximum absolute atomic E-state index is 12.8. The Bertz CT molecular complexity index is 1150. The van der Waals surface area contributed by atoms with Crippen LogP contribution >= 0.6 is 11.3 Å². The van der Waals surface area contributed by atoms with E-state index in [9.17, 15) is 18.0 Å². The second-order valence-electron chi connectivity index (χ2n) is 6.07. The van der Waals surface area contributed by atoms with E-state index >= 15 is 0 Å². The number of rotatable bonds is 6. The summed E-state index contributed by atoms with van der Waals surface area (Å²) in [5.74, 6) is -1.13. The maximum atomic E-state index is 12.8. The zero-order valence-electron chi connectivity index (χ0n) is 15.6. The lowest BCUT2D eigenvalue weighted by Gasteiger charge is -2.13. The third-order valence-corrected chi connectivity index (χ3v) is 6.26. The van der Waals surface area contributed by atoms with Crippen molar-refractivity contribution >= 4 is 43.9 Å². The number of carbonyl (C=O) groups is 2. The first-order valence-electron chi connectivity index (χ1n) is 8.47. The van der Waals surface area contributed by atoms with Gasteiger partial charge in [0.1, 0.15) is 5.00 Å². The number of aryl methyl sites for hydroxylation is 1. The van der Waals surface area contributed by atoms with Crippen LogP contribution in [0.3, 0.4) is 0 Å². The van der Waals surface area contributed by atoms with Crippen LogP contribution in [0.15, 0.2) is 64.9 Å². The molecule has 29 heavy (non-hydrogen) atoms. The molecule has 0 atom stereocenters. The first-order valence-corrected chi connectivity index (χ1v) is 10.8. The first kappa shape index (κ1) is 20.6. The molecular weight excluding hydrogens is 412 g/mol. The van der Waals surface area contributed by atoms with Gasteiger partial charge in [-0.15, -0.1) is 11.3 Å². The van der Waals surface area contributed by atoms with Crippen LogP contribution in [0.25, 0.3) is 0 Å². The van der Waals surface area contributed by atoms with E-state index in [0.29, 0.717) is 5.00 Å². The second kappa shape index (κ2) is 8.46. The van der Waals surface area contributed by atoms with E-state index in [1.165, 1.54) is 37.4 Å². The Morgan fingerprint density at radius 2 is 1.66 bits per heavy atom. The summed E-state index contributed by atoms with van der Waals surface area (Å²) in [6.45, 7) is 1.86. The van der Waals surface area contributed by atoms with Crippen molar-refractivity contribution < 1.29 is 22.7 Å². The van der Waals surface area contributed by atoms with Crippen molar-refractivity contribution in [2.45, 2.75) is 11.8 Å². The number of thiophene rings is 1. The van der Waals surface area contributed by atoms with Crippen molar-refractivity contribution in [3.05, 3.63) is 76.7 Å². The van der Waals surface area contributed by atoms with Crippen LogP contribution in [0.4, 0.5) is 10.7 Å². The lowest BCUT2D eigenvalue weighted by Crippen LogP contribution is -2.19. The Morgan fingerprint density at radius 3 is 2.34 bits per heavy atom. The van der Waals surface area contributed by atoms with Crippen molar-refractivity contribution in [2.24, 2.45) is 0 Å². The molecule has 3 rings (SSSR count). The molecule has 0 radical (unpaired) electrons. The Morgan fingerprint density at radius 1 is 0.966 bits per heavy atom. The first-order chi connectivity index (χ1) is 13.8. The van der Waals surface area contributed by atoms with Crippen LogP contribution in [0.2, 0.25) is 0 Å². The highest BCUT2D eigenvalue weighted by Gasteiger charge is 2.21. The monoisotopic (exact) mass is 430 g/mol. The summed E-state index contributed by atoms with van der Waals surface area (Å²) < 4.78 is 32.5. The minimum atomic E-state index is -3.88. The molecule has 0 unspecified atom stereocenters. The van der Waals surface area contributed by atoms with Gasteiger partial charge in [0.15, 0.2) is 0 Å². The van der Waals surface area contributed by atoms with Crippen molar-refractivity contribution in [1.29, 1.82) is 0 Å². The Kier molecular flexibility index (Phi) is 6.00. The minimum absolute atomic E-state index is 0.0875. The number of amides is 1. The van der Waals surface area contributed by atoms with Gasteiger partial charge in [0.05, 0.1) is 28.8 Å². The van der Waals surface area contributed by atoms with E-state index in [2.05, 4.69) is 10.0 Å². The number of benzene rings is 2. The summed E-state index contributed by atoms with van der Waals surface area (Å²) in [6.07, 6.45) is 0. The smallest absolute Gasteiger partial charge is 0.340 e. The molecule has 1 heterocycles. The van der Waals surface area contributed by atoms with E-state index in [1.54, 1.807) is 29.6 Å². The Balaban J connectivity index is 1.87. The molecule has 0 aliphatic carbocycles. The largest absolute Gasteiger partial charge is 0.465 e. The topological polar surface area (TPSA) is 102 Å². The predicted molar refractivity (Wildman–Crippen MR) is 112 cm³/mol. The summed E-state index contributed by atoms with van der Waals surface area (Å²) in [7, 11) is -2.62. The average molecular weight is 431 g/mol. The van der Waals surface area contributed by atoms with Gasteiger partial charge in [-0.2, -0.15) is 0 Å². The fourth-order valence-corrected chi connectivity index (χ4v) is 4.39. The molecule has 0 saturated heterocycles. The van der Waals surface area contributed by atoms with Gasteiger partial charge < -0.3 is 10.1 Å². The molecule has 0 saturated carbocycles. The molecule has 1 amide bonds. The summed E-state index contributed by atoms with van der Waals surface area (Å²) in [6, 6.07) is 14.1. The molecule has 150 valence electrons. The normalized spacial score (nSPS) is 11.0. The zero-order valence-corrected chi connectivity index (χ0v) is 17.3. The van der Waals surface area contributed by atoms with Crippen molar-refractivity contribution in [1.82, 2.24) is 0 Å². The highest BCUT2D eigenvalue weighted by Crippen LogP contribution is 2.26. The summed E-state index contributed by atoms with van der Waals surface area (Å²) in [5.41, 5.74) is 1.40. The van der Waals surface area contributed by atoms with Gasteiger partial charge in [0.2, 0.25) is 0 Å². The number of esters is 1. The van der Waals surface area contributed by atoms with Gasteiger partial charge in [-0.05, 0) is 42.6 Å². The lowest BCUT2D eigenvalue weighted by molar-refractivity contribution is 0.0602. The van der Waals surface area contributed by atoms with Gasteiger partial charge in [-0.3, -0.25) is 9.52 Å². The number of sulfonamides is 1. The highest BCUT2D eigenvalue weighted by atomic mass is 32.2. The van der Waals surface area contributed by atoms with Crippen LogP contribution in [0, 0.1) is 6.92 Å². The standard InChI is InChI=1S/C20H18N2O5S2/c1-13-7-9-14(10-8-13)29(25,26)22-17-6-4-3-5-15(17)18(23)21-19-16(11-12-28-19)20(24)27-2/h3-12,22H,1-2H3,(H,21,23). The molecule has 3 aromatic rings. The molecular formula is C20H18N2O5S2. The molecule has 9 heteroatoms. The number of ether oxygens (including phenoxy) is 1. The highest BCUT2D eigenvalue weighted by molar-refractivity contribution is 7.92. The molecule has 7 nitrogen and oxygen atoms in total. The molecule has 0 bridgehead atoms. The number of carbonyl (C=O) groups excluding carboxylic acids is 2. The number of nitrogens with one attached hydrogen (secondary N) is 2. The maximum Gasteiger partial charge on any atom is 0.340 e. The molecule has 0 aliphatic heterocycles. The van der Waals surface area contributed by atoms with E-state index in [0.717, 1.165) is 16.9 Å². The fraction of sp³-hybridized carbons (Fsp3) is 0.100. The Hall–Kier alpha value is -3.17. The van der Waals surface area contributed by atoms with Gasteiger partial charge in [-0.1, -0.05) is 29.8 Å². The molecule has 2 N–H and O–H groups in total. The third kappa shape index (κ3) is 4.64. The van der Waals surface area contributed by atoms with Crippen molar-refractivity contribution in [3.8, 4) is 0 Å². The number of hydrogen-bond acceptors (Lipinski definition) is 6. The minimum Gasteiger partial charge on any atom is -0.465 e. The Labute approximate surface area is 172 Å². The number of hydrogen-bond donors (Lipinski definition) is 2. The number of anilines is 2. The average Bonchev–Trinajstić information content (AvgIpc) is 3.16. The van der Waals surface area contributed by atoms with Gasteiger partial charge >= 0.3 is 5.97 Å². The van der Waals surface area contributed by atoms with Gasteiger partial charge in [-0.25, -0.2) is 13.2 Å². The molecule has 1 aromatic heterocycles. The van der Waals surface area contributed by atoms with E-state index < -0.39 is 21.9 Å². The summed E-state index contributed by atoms with van der Waals surface area (Å²) >= 11 is 1.16. The van der Waals surface area contributed by atoms with E-state index in [1.807, 2.05) is 6.92 Å². The lowest BCUT2D eigenvalue weighted by atomic mass is 10.1. The van der Waals surface area contributed by atoms with E-state index in [4.69, 9.17) is 4.74 Å². The van der Waals surface area contributed by atoms with Gasteiger partial charge in [0.25, 0.3) is 15.9 Å². The SMILES string of the molecule is COC(=O)c1ccsc1NC(=O)c1ccccc1NS(=O)(=O)c1ccc(C)cc1. The van der Waals surface area contributed by atoms with Crippen molar-refractivity contribution in [2.75, 3.05) is 17.1 Å².